The molecule has 0 aliphatic heterocycles. The molecule has 7 nitrogen and oxygen atoms in total. The molecule has 0 bridgehead atoms. The Kier molecular flexibility index (Phi) is 7.35. The Morgan fingerprint density at radius 2 is 1.52 bits per heavy atom. The lowest BCUT2D eigenvalue weighted by molar-refractivity contribution is -0.147. The average Bonchev–Trinajstić information content (AvgIpc) is 3.04. The molecule has 29 heavy (non-hydrogen) atoms. The van der Waals surface area contributed by atoms with E-state index in [2.05, 4.69) is 24.3 Å². The van der Waals surface area contributed by atoms with Crippen molar-refractivity contribution in [1.29, 1.82) is 0 Å². The predicted molar refractivity (Wildman–Crippen MR) is 107 cm³/mol. The summed E-state index contributed by atoms with van der Waals surface area (Å²) in [6.07, 6.45) is -0.0563. The third-order valence-corrected chi connectivity index (χ3v) is 4.79. The number of fused-ring (bicyclic) bond motifs is 3. The van der Waals surface area contributed by atoms with Gasteiger partial charge in [0.15, 0.2) is 0 Å². The van der Waals surface area contributed by atoms with Gasteiger partial charge >= 0.3 is 11.9 Å². The van der Waals surface area contributed by atoms with Gasteiger partial charge < -0.3 is 25.1 Å². The Balaban J connectivity index is 1.44. The molecule has 0 heterocycles. The second-order valence-electron chi connectivity index (χ2n) is 6.79. The lowest BCUT2D eigenvalue weighted by Gasteiger charge is -2.16. The van der Waals surface area contributed by atoms with Crippen molar-refractivity contribution >= 4 is 11.9 Å². The van der Waals surface area contributed by atoms with Crippen LogP contribution in [0.1, 0.15) is 23.5 Å². The first-order valence-corrected chi connectivity index (χ1v) is 9.55. The highest BCUT2D eigenvalue weighted by Crippen LogP contribution is 2.44. The minimum atomic E-state index is -0.914. The normalized spacial score (nSPS) is 13.6. The van der Waals surface area contributed by atoms with Crippen molar-refractivity contribution in [3.05, 3.63) is 59.7 Å². The molecule has 1 unspecified atom stereocenters. The molecule has 2 aromatic rings. The molecule has 1 aliphatic carbocycles. The van der Waals surface area contributed by atoms with Crippen molar-refractivity contribution in [3.8, 4) is 11.1 Å². The van der Waals surface area contributed by atoms with E-state index in [0.29, 0.717) is 0 Å². The second kappa shape index (κ2) is 10.2. The van der Waals surface area contributed by atoms with Crippen LogP contribution in [0.15, 0.2) is 48.5 Å². The quantitative estimate of drug-likeness (QED) is 0.440. The molecule has 3 N–H and O–H groups in total. The van der Waals surface area contributed by atoms with Crippen LogP contribution in [-0.4, -0.2) is 56.1 Å². The number of esters is 1. The Hall–Kier alpha value is -2.74. The van der Waals surface area contributed by atoms with E-state index in [4.69, 9.17) is 25.1 Å². The molecule has 7 heteroatoms. The summed E-state index contributed by atoms with van der Waals surface area (Å²) < 4.78 is 15.9. The van der Waals surface area contributed by atoms with E-state index in [9.17, 15) is 9.59 Å². The number of carboxylic acid groups (broad SMARTS) is 1. The van der Waals surface area contributed by atoms with Crippen LogP contribution in [0.3, 0.4) is 0 Å². The molecule has 0 amide bonds. The van der Waals surface area contributed by atoms with Crippen LogP contribution < -0.4 is 5.73 Å². The van der Waals surface area contributed by atoms with Crippen molar-refractivity contribution in [2.45, 2.75) is 18.4 Å². The van der Waals surface area contributed by atoms with E-state index in [1.807, 2.05) is 24.3 Å². The van der Waals surface area contributed by atoms with Gasteiger partial charge in [0.25, 0.3) is 0 Å². The molecule has 0 fully saturated rings. The van der Waals surface area contributed by atoms with Crippen LogP contribution >= 0.6 is 0 Å². The van der Waals surface area contributed by atoms with Gasteiger partial charge in [0.2, 0.25) is 0 Å². The first-order valence-electron chi connectivity index (χ1n) is 9.55. The third-order valence-electron chi connectivity index (χ3n) is 4.79. The molecular weight excluding hydrogens is 374 g/mol. The van der Waals surface area contributed by atoms with E-state index in [1.165, 1.54) is 11.1 Å². The lowest BCUT2D eigenvalue weighted by Crippen LogP contribution is -2.37. The highest BCUT2D eigenvalue weighted by atomic mass is 16.5. The van der Waals surface area contributed by atoms with Gasteiger partial charge in [-0.1, -0.05) is 48.5 Å². The second-order valence-corrected chi connectivity index (χ2v) is 6.79. The Labute approximate surface area is 169 Å². The molecule has 0 aromatic heterocycles. The van der Waals surface area contributed by atoms with Crippen LogP contribution in [0.2, 0.25) is 0 Å². The number of hydrogen-bond donors (Lipinski definition) is 2. The first-order chi connectivity index (χ1) is 14.1. The van der Waals surface area contributed by atoms with Crippen molar-refractivity contribution in [2.24, 2.45) is 5.73 Å². The van der Waals surface area contributed by atoms with Gasteiger partial charge in [0.1, 0.15) is 12.6 Å². The minimum absolute atomic E-state index is 0.0119. The molecule has 0 spiro atoms. The molecule has 0 saturated heterocycles. The Morgan fingerprint density at radius 1 is 0.931 bits per heavy atom. The Bertz CT molecular complexity index is 807. The van der Waals surface area contributed by atoms with Crippen molar-refractivity contribution < 1.29 is 28.9 Å². The summed E-state index contributed by atoms with van der Waals surface area (Å²) >= 11 is 0. The van der Waals surface area contributed by atoms with Crippen LogP contribution in [-0.2, 0) is 23.8 Å². The van der Waals surface area contributed by atoms with Crippen molar-refractivity contribution in [3.63, 3.8) is 0 Å². The van der Waals surface area contributed by atoms with E-state index in [-0.39, 0.29) is 45.4 Å². The van der Waals surface area contributed by atoms with Gasteiger partial charge in [-0.15, -0.1) is 0 Å². The minimum Gasteiger partial charge on any atom is -0.481 e. The van der Waals surface area contributed by atoms with E-state index >= 15 is 0 Å². The summed E-state index contributed by atoms with van der Waals surface area (Å²) in [5.41, 5.74) is 10.5. The largest absolute Gasteiger partial charge is 0.481 e. The highest BCUT2D eigenvalue weighted by molar-refractivity contribution is 5.79. The van der Waals surface area contributed by atoms with Crippen LogP contribution in [0.25, 0.3) is 11.1 Å². The maximum atomic E-state index is 12.2. The SMILES string of the molecule is NC(COCCOCCC(=O)O)C(=O)OCC1c2ccccc2-c2ccccc21. The monoisotopic (exact) mass is 399 g/mol. The van der Waals surface area contributed by atoms with Gasteiger partial charge in [0, 0.05) is 5.92 Å². The Morgan fingerprint density at radius 3 is 2.14 bits per heavy atom. The van der Waals surface area contributed by atoms with Gasteiger partial charge in [-0.25, -0.2) is 0 Å². The fourth-order valence-corrected chi connectivity index (χ4v) is 3.37. The number of carboxylic acids is 1. The van der Waals surface area contributed by atoms with Gasteiger partial charge in [0.05, 0.1) is 32.8 Å². The van der Waals surface area contributed by atoms with Gasteiger partial charge in [-0.2, -0.15) is 0 Å². The molecule has 0 radical (unpaired) electrons. The molecule has 2 aromatic carbocycles. The maximum absolute atomic E-state index is 12.2. The summed E-state index contributed by atoms with van der Waals surface area (Å²) in [6.45, 7) is 0.823. The van der Waals surface area contributed by atoms with Crippen LogP contribution in [0.5, 0.6) is 0 Å². The zero-order valence-corrected chi connectivity index (χ0v) is 16.1. The highest BCUT2D eigenvalue weighted by Gasteiger charge is 2.29. The number of aliphatic carboxylic acids is 1. The average molecular weight is 399 g/mol. The van der Waals surface area contributed by atoms with Crippen LogP contribution in [0.4, 0.5) is 0 Å². The third kappa shape index (κ3) is 5.41. The molecule has 1 atom stereocenters. The molecular formula is C22H25NO6. The summed E-state index contributed by atoms with van der Waals surface area (Å²) in [5, 5.41) is 8.51. The molecule has 154 valence electrons. The smallest absolute Gasteiger partial charge is 0.325 e. The zero-order valence-electron chi connectivity index (χ0n) is 16.1. The lowest BCUT2D eigenvalue weighted by atomic mass is 9.98. The van der Waals surface area contributed by atoms with E-state index < -0.39 is 18.0 Å². The summed E-state index contributed by atoms with van der Waals surface area (Å²) in [7, 11) is 0. The number of rotatable bonds is 11. The van der Waals surface area contributed by atoms with E-state index in [0.717, 1.165) is 11.1 Å². The topological polar surface area (TPSA) is 108 Å². The fraction of sp³-hybridized carbons (Fsp3) is 0.364. The van der Waals surface area contributed by atoms with Crippen LogP contribution in [0, 0.1) is 0 Å². The summed E-state index contributed by atoms with van der Waals surface area (Å²) in [5.74, 6) is -1.44. The zero-order chi connectivity index (χ0) is 20.6. The number of nitrogens with two attached hydrogens (primary N) is 1. The van der Waals surface area contributed by atoms with Gasteiger partial charge in [-0.3, -0.25) is 9.59 Å². The molecule has 1 aliphatic rings. The number of hydrogen-bond acceptors (Lipinski definition) is 6. The summed E-state index contributed by atoms with van der Waals surface area (Å²) in [4.78, 5) is 22.6. The standard InChI is InChI=1S/C22H25NO6/c23-20(14-28-12-11-27-10-9-21(24)25)22(26)29-13-19-17-7-3-1-5-15(17)16-6-2-4-8-18(16)19/h1-8,19-20H,9-14,23H2,(H,24,25). The van der Waals surface area contributed by atoms with Crippen molar-refractivity contribution in [2.75, 3.05) is 33.0 Å². The molecule has 0 saturated carbocycles. The number of carbonyl (C=O) groups is 2. The summed E-state index contributed by atoms with van der Waals surface area (Å²) in [6, 6.07) is 15.4. The fourth-order valence-electron chi connectivity index (χ4n) is 3.37. The molecule has 3 rings (SSSR count). The number of carbonyl (C=O) groups excluding carboxylic acids is 1. The van der Waals surface area contributed by atoms with Gasteiger partial charge in [-0.05, 0) is 22.3 Å². The van der Waals surface area contributed by atoms with E-state index in [1.54, 1.807) is 0 Å². The predicted octanol–water partition coefficient (Wildman–Crippen LogP) is 2.18. The first kappa shape index (κ1) is 21.0. The number of benzene rings is 2. The maximum Gasteiger partial charge on any atom is 0.325 e. The number of ether oxygens (including phenoxy) is 3. The van der Waals surface area contributed by atoms with Crippen molar-refractivity contribution in [1.82, 2.24) is 0 Å².